The van der Waals surface area contributed by atoms with Crippen LogP contribution in [0.5, 0.6) is 0 Å². The zero-order valence-electron chi connectivity index (χ0n) is 6.84. The first kappa shape index (κ1) is 12.7. The molecule has 0 bridgehead atoms. The molecule has 5 nitrogen and oxygen atoms in total. The Bertz CT molecular complexity index is 228. The largest absolute Gasteiger partial charge is 0.479 e. The third-order valence-corrected chi connectivity index (χ3v) is 1.25. The van der Waals surface area contributed by atoms with Crippen molar-refractivity contribution in [1.29, 1.82) is 0 Å². The predicted octanol–water partition coefficient (Wildman–Crippen LogP) is -0.499. The van der Waals surface area contributed by atoms with Gasteiger partial charge in [-0.25, -0.2) is 4.79 Å². The molecule has 0 saturated carbocycles. The first-order valence-corrected chi connectivity index (χ1v) is 3.51. The number of aliphatic carboxylic acids is 1. The summed E-state index contributed by atoms with van der Waals surface area (Å²) in [5.41, 5.74) is 0. The second kappa shape index (κ2) is 4.80. The summed E-state index contributed by atoms with van der Waals surface area (Å²) in [6, 6.07) is 0. The topological polar surface area (TPSA) is 86.6 Å². The number of carbonyl (C=O) groups excluding carboxylic acids is 1. The smallest absolute Gasteiger partial charge is 0.471 e. The molecule has 0 unspecified atom stereocenters. The van der Waals surface area contributed by atoms with E-state index < -0.39 is 37.1 Å². The van der Waals surface area contributed by atoms with Crippen molar-refractivity contribution in [1.82, 2.24) is 5.32 Å². The van der Waals surface area contributed by atoms with Crippen molar-refractivity contribution >= 4 is 11.9 Å². The van der Waals surface area contributed by atoms with Gasteiger partial charge in [-0.05, 0) is 0 Å². The van der Waals surface area contributed by atoms with E-state index in [0.717, 1.165) is 0 Å². The predicted molar refractivity (Wildman–Crippen MR) is 37.3 cm³/mol. The Morgan fingerprint density at radius 3 is 2.21 bits per heavy atom. The van der Waals surface area contributed by atoms with Crippen LogP contribution < -0.4 is 5.32 Å². The highest BCUT2D eigenvalue weighted by Crippen LogP contribution is 2.13. The normalized spacial score (nSPS) is 13.4. The average molecular weight is 215 g/mol. The Morgan fingerprint density at radius 2 is 1.86 bits per heavy atom. The van der Waals surface area contributed by atoms with Crippen molar-refractivity contribution in [3.63, 3.8) is 0 Å². The molecule has 0 spiro atoms. The third-order valence-electron chi connectivity index (χ3n) is 1.25. The van der Waals surface area contributed by atoms with Crippen LogP contribution in [0.1, 0.15) is 6.42 Å². The molecule has 0 saturated heterocycles. The molecule has 1 atom stereocenters. The van der Waals surface area contributed by atoms with Gasteiger partial charge in [-0.1, -0.05) is 0 Å². The third kappa shape index (κ3) is 4.65. The van der Waals surface area contributed by atoms with E-state index in [1.54, 1.807) is 0 Å². The fourth-order valence-electron chi connectivity index (χ4n) is 0.546. The van der Waals surface area contributed by atoms with Crippen molar-refractivity contribution in [3.8, 4) is 0 Å². The number of aliphatic hydroxyl groups excluding tert-OH is 1. The zero-order valence-corrected chi connectivity index (χ0v) is 6.84. The highest BCUT2D eigenvalue weighted by atomic mass is 19.4. The van der Waals surface area contributed by atoms with Crippen LogP contribution in [-0.4, -0.2) is 40.9 Å². The minimum Gasteiger partial charge on any atom is -0.479 e. The van der Waals surface area contributed by atoms with Crippen LogP contribution in [0.25, 0.3) is 0 Å². The van der Waals surface area contributed by atoms with E-state index in [1.807, 2.05) is 0 Å². The lowest BCUT2D eigenvalue weighted by Crippen LogP contribution is -2.38. The maximum atomic E-state index is 11.5. The second-order valence-corrected chi connectivity index (χ2v) is 2.40. The van der Waals surface area contributed by atoms with Crippen molar-refractivity contribution in [2.75, 3.05) is 6.54 Å². The Hall–Kier alpha value is -1.31. The summed E-state index contributed by atoms with van der Waals surface area (Å²) in [6.45, 7) is -0.550. The number of aliphatic hydroxyl groups is 1. The zero-order chi connectivity index (χ0) is 11.4. The number of hydrogen-bond acceptors (Lipinski definition) is 3. The highest BCUT2D eigenvalue weighted by Gasteiger charge is 2.38. The maximum absolute atomic E-state index is 11.5. The first-order chi connectivity index (χ1) is 6.25. The van der Waals surface area contributed by atoms with Crippen LogP contribution >= 0.6 is 0 Å². The molecule has 1 amide bonds. The van der Waals surface area contributed by atoms with Crippen molar-refractivity contribution in [2.45, 2.75) is 18.7 Å². The van der Waals surface area contributed by atoms with Crippen molar-refractivity contribution in [2.24, 2.45) is 0 Å². The van der Waals surface area contributed by atoms with Crippen LogP contribution in [0.4, 0.5) is 13.2 Å². The van der Waals surface area contributed by atoms with E-state index in [9.17, 15) is 22.8 Å². The molecule has 0 aliphatic heterocycles. The molecule has 3 N–H and O–H groups in total. The number of rotatable bonds is 4. The summed E-state index contributed by atoms with van der Waals surface area (Å²) in [7, 11) is 0. The lowest BCUT2D eigenvalue weighted by molar-refractivity contribution is -0.173. The minimum absolute atomic E-state index is 0.475. The standard InChI is InChI=1S/C6H8F3NO4/c7-6(8,9)5(14)10-2-1-3(11)4(12)13/h3,11H,1-2H2,(H,10,14)(H,12,13)/t3-/m1/s1. The fraction of sp³-hybridized carbons (Fsp3) is 0.667. The van der Waals surface area contributed by atoms with E-state index in [-0.39, 0.29) is 0 Å². The van der Waals surface area contributed by atoms with Crippen LogP contribution in [0.2, 0.25) is 0 Å². The lowest BCUT2D eigenvalue weighted by atomic mass is 10.2. The van der Waals surface area contributed by atoms with Crippen LogP contribution in [0.15, 0.2) is 0 Å². The number of nitrogens with one attached hydrogen (secondary N) is 1. The van der Waals surface area contributed by atoms with Gasteiger partial charge in [0.2, 0.25) is 0 Å². The molecule has 0 aliphatic rings. The number of amides is 1. The molecule has 0 heterocycles. The Morgan fingerprint density at radius 1 is 1.36 bits per heavy atom. The number of hydrogen-bond donors (Lipinski definition) is 3. The number of halogens is 3. The van der Waals surface area contributed by atoms with E-state index in [4.69, 9.17) is 10.2 Å². The summed E-state index contributed by atoms with van der Waals surface area (Å²) < 4.78 is 34.6. The second-order valence-electron chi connectivity index (χ2n) is 2.40. The van der Waals surface area contributed by atoms with Gasteiger partial charge in [0.25, 0.3) is 0 Å². The molecule has 8 heteroatoms. The van der Waals surface area contributed by atoms with E-state index in [0.29, 0.717) is 0 Å². The van der Waals surface area contributed by atoms with Crippen LogP contribution in [0.3, 0.4) is 0 Å². The fourth-order valence-corrected chi connectivity index (χ4v) is 0.546. The van der Waals surface area contributed by atoms with Gasteiger partial charge >= 0.3 is 18.1 Å². The van der Waals surface area contributed by atoms with Gasteiger partial charge in [-0.3, -0.25) is 4.79 Å². The summed E-state index contributed by atoms with van der Waals surface area (Å²) in [4.78, 5) is 20.1. The first-order valence-electron chi connectivity index (χ1n) is 3.51. The number of carbonyl (C=O) groups is 2. The van der Waals surface area contributed by atoms with Gasteiger partial charge in [0.1, 0.15) is 0 Å². The van der Waals surface area contributed by atoms with Gasteiger partial charge < -0.3 is 15.5 Å². The monoisotopic (exact) mass is 215 g/mol. The van der Waals surface area contributed by atoms with Gasteiger partial charge in [-0.15, -0.1) is 0 Å². The van der Waals surface area contributed by atoms with Crippen molar-refractivity contribution in [3.05, 3.63) is 0 Å². The molecular weight excluding hydrogens is 207 g/mol. The molecule has 0 aliphatic carbocycles. The van der Waals surface area contributed by atoms with Crippen LogP contribution in [-0.2, 0) is 9.59 Å². The maximum Gasteiger partial charge on any atom is 0.471 e. The average Bonchev–Trinajstić information content (AvgIpc) is 2.01. The SMILES string of the molecule is O=C(O)[C@H](O)CCNC(=O)C(F)(F)F. The minimum atomic E-state index is -4.99. The van der Waals surface area contributed by atoms with E-state index in [2.05, 4.69) is 0 Å². The summed E-state index contributed by atoms with van der Waals surface area (Å²) >= 11 is 0. The summed E-state index contributed by atoms with van der Waals surface area (Å²) in [5.74, 6) is -3.71. The molecular formula is C6H8F3NO4. The quantitative estimate of drug-likeness (QED) is 0.590. The number of alkyl halides is 3. The Kier molecular flexibility index (Phi) is 4.35. The Labute approximate surface area is 76.5 Å². The molecule has 0 rings (SSSR count). The highest BCUT2D eigenvalue weighted by molar-refractivity contribution is 5.81. The van der Waals surface area contributed by atoms with Crippen LogP contribution in [0, 0.1) is 0 Å². The van der Waals surface area contributed by atoms with Gasteiger partial charge in [0.15, 0.2) is 6.10 Å². The van der Waals surface area contributed by atoms with E-state index in [1.165, 1.54) is 5.32 Å². The summed E-state index contributed by atoms with van der Waals surface area (Å²) in [6.07, 6.45) is -7.24. The molecule has 14 heavy (non-hydrogen) atoms. The van der Waals surface area contributed by atoms with Gasteiger partial charge in [-0.2, -0.15) is 13.2 Å². The molecule has 0 aromatic carbocycles. The number of carboxylic acids is 1. The summed E-state index contributed by atoms with van der Waals surface area (Å²) in [5, 5.41) is 18.2. The molecule has 82 valence electrons. The Balaban J connectivity index is 3.76. The van der Waals surface area contributed by atoms with Gasteiger partial charge in [0, 0.05) is 13.0 Å². The van der Waals surface area contributed by atoms with Gasteiger partial charge in [0.05, 0.1) is 0 Å². The molecule has 0 aromatic rings. The van der Waals surface area contributed by atoms with E-state index >= 15 is 0 Å². The molecule has 0 fully saturated rings. The number of carboxylic acid groups (broad SMARTS) is 1. The molecule has 0 radical (unpaired) electrons. The lowest BCUT2D eigenvalue weighted by Gasteiger charge is -2.08. The molecule has 0 aromatic heterocycles. The van der Waals surface area contributed by atoms with Crippen molar-refractivity contribution < 1.29 is 33.0 Å².